The fourth-order valence-electron chi connectivity index (χ4n) is 3.19. The Kier molecular flexibility index (Phi) is 11.3. The van der Waals surface area contributed by atoms with E-state index < -0.39 is 0 Å². The van der Waals surface area contributed by atoms with Gasteiger partial charge in [0.1, 0.15) is 11.5 Å². The zero-order valence-corrected chi connectivity index (χ0v) is 18.4. The van der Waals surface area contributed by atoms with Crippen LogP contribution in [0.15, 0.2) is 36.4 Å². The highest BCUT2D eigenvalue weighted by atomic mass is 79.9. The quantitative estimate of drug-likeness (QED) is 0.209. The number of alkyl halides is 1. The minimum absolute atomic E-state index is 0.808. The predicted octanol–water partition coefficient (Wildman–Crippen LogP) is 7.91. The van der Waals surface area contributed by atoms with Crippen molar-refractivity contribution in [1.29, 1.82) is 0 Å². The fourth-order valence-corrected chi connectivity index (χ4v) is 3.59. The van der Waals surface area contributed by atoms with Gasteiger partial charge in [0.05, 0.1) is 13.2 Å². The SMILES string of the molecule is CCCCCCOc1ccc2cc(OCCCCCCCCBr)ccc2c1. The molecule has 0 amide bonds. The standard InChI is InChI=1S/C24H35BrO2/c1-2-3-4-10-17-26-23-14-12-22-20-24(15-13-21(22)19-23)27-18-11-8-6-5-7-9-16-25/h12-15,19-20H,2-11,16-18H2,1H3. The van der Waals surface area contributed by atoms with Crippen LogP contribution in [0.25, 0.3) is 10.8 Å². The summed E-state index contributed by atoms with van der Waals surface area (Å²) in [7, 11) is 0. The van der Waals surface area contributed by atoms with Crippen molar-refractivity contribution in [2.45, 2.75) is 71.1 Å². The molecule has 0 spiro atoms. The molecule has 0 radical (unpaired) electrons. The number of hydrogen-bond acceptors (Lipinski definition) is 2. The summed E-state index contributed by atoms with van der Waals surface area (Å²) < 4.78 is 11.8. The van der Waals surface area contributed by atoms with Crippen molar-refractivity contribution in [2.24, 2.45) is 0 Å². The first-order valence-electron chi connectivity index (χ1n) is 10.7. The molecule has 0 unspecified atom stereocenters. The molecule has 0 bridgehead atoms. The van der Waals surface area contributed by atoms with E-state index in [1.54, 1.807) is 0 Å². The van der Waals surface area contributed by atoms with Crippen LogP contribution in [0, 0.1) is 0 Å². The van der Waals surface area contributed by atoms with Gasteiger partial charge >= 0.3 is 0 Å². The van der Waals surface area contributed by atoms with E-state index in [9.17, 15) is 0 Å². The van der Waals surface area contributed by atoms with Crippen LogP contribution in [0.1, 0.15) is 71.1 Å². The molecule has 27 heavy (non-hydrogen) atoms. The molecule has 0 heterocycles. The second-order valence-corrected chi connectivity index (χ2v) is 8.03. The molecule has 0 N–H and O–H groups in total. The van der Waals surface area contributed by atoms with Gasteiger partial charge in [0, 0.05) is 5.33 Å². The Morgan fingerprint density at radius 1 is 0.630 bits per heavy atom. The van der Waals surface area contributed by atoms with E-state index >= 15 is 0 Å². The maximum atomic E-state index is 5.94. The average Bonchev–Trinajstić information content (AvgIpc) is 2.70. The lowest BCUT2D eigenvalue weighted by Gasteiger charge is -2.09. The van der Waals surface area contributed by atoms with Crippen molar-refractivity contribution in [3.8, 4) is 11.5 Å². The van der Waals surface area contributed by atoms with E-state index in [1.807, 2.05) is 0 Å². The Labute approximate surface area is 173 Å². The van der Waals surface area contributed by atoms with Crippen molar-refractivity contribution >= 4 is 26.7 Å². The second-order valence-electron chi connectivity index (χ2n) is 7.24. The summed E-state index contributed by atoms with van der Waals surface area (Å²) >= 11 is 3.48. The minimum Gasteiger partial charge on any atom is -0.494 e. The minimum atomic E-state index is 0.808. The lowest BCUT2D eigenvalue weighted by molar-refractivity contribution is 0.304. The highest BCUT2D eigenvalue weighted by Crippen LogP contribution is 2.25. The van der Waals surface area contributed by atoms with Crippen LogP contribution in [-0.4, -0.2) is 18.5 Å². The molecule has 0 fully saturated rings. The van der Waals surface area contributed by atoms with Gasteiger partial charge in [-0.1, -0.05) is 79.9 Å². The van der Waals surface area contributed by atoms with Gasteiger partial charge in [0.15, 0.2) is 0 Å². The molecule has 2 rings (SSSR count). The lowest BCUT2D eigenvalue weighted by Crippen LogP contribution is -1.98. The van der Waals surface area contributed by atoms with Gasteiger partial charge in [-0.15, -0.1) is 0 Å². The van der Waals surface area contributed by atoms with Crippen molar-refractivity contribution in [1.82, 2.24) is 0 Å². The van der Waals surface area contributed by atoms with Crippen LogP contribution < -0.4 is 9.47 Å². The van der Waals surface area contributed by atoms with Crippen LogP contribution >= 0.6 is 15.9 Å². The third kappa shape index (κ3) is 9.01. The maximum Gasteiger partial charge on any atom is 0.119 e. The van der Waals surface area contributed by atoms with Crippen molar-refractivity contribution in [3.05, 3.63) is 36.4 Å². The molecule has 0 atom stereocenters. The molecule has 0 saturated heterocycles. The highest BCUT2D eigenvalue weighted by molar-refractivity contribution is 9.09. The van der Waals surface area contributed by atoms with Crippen LogP contribution in [0.5, 0.6) is 11.5 Å². The smallest absolute Gasteiger partial charge is 0.119 e. The second kappa shape index (κ2) is 13.9. The van der Waals surface area contributed by atoms with Gasteiger partial charge in [-0.2, -0.15) is 0 Å². The zero-order valence-electron chi connectivity index (χ0n) is 16.9. The summed E-state index contributed by atoms with van der Waals surface area (Å²) in [5.41, 5.74) is 0. The molecule has 2 aromatic rings. The first kappa shape index (κ1) is 22.1. The van der Waals surface area contributed by atoms with E-state index in [0.717, 1.165) is 42.9 Å². The van der Waals surface area contributed by atoms with Gasteiger partial charge in [-0.05, 0) is 54.3 Å². The number of ether oxygens (including phenoxy) is 2. The van der Waals surface area contributed by atoms with Gasteiger partial charge in [-0.3, -0.25) is 0 Å². The van der Waals surface area contributed by atoms with E-state index in [2.05, 4.69) is 59.3 Å². The molecular weight excluding hydrogens is 400 g/mol. The van der Waals surface area contributed by atoms with Crippen molar-refractivity contribution in [2.75, 3.05) is 18.5 Å². The molecule has 0 aliphatic rings. The molecule has 2 nitrogen and oxygen atoms in total. The predicted molar refractivity (Wildman–Crippen MR) is 121 cm³/mol. The maximum absolute atomic E-state index is 5.94. The fraction of sp³-hybridized carbons (Fsp3) is 0.583. The van der Waals surface area contributed by atoms with Crippen LogP contribution in [0.2, 0.25) is 0 Å². The van der Waals surface area contributed by atoms with E-state index in [1.165, 1.54) is 62.1 Å². The Balaban J connectivity index is 1.71. The highest BCUT2D eigenvalue weighted by Gasteiger charge is 2.01. The molecular formula is C24H35BrO2. The summed E-state index contributed by atoms with van der Waals surface area (Å²) in [6.07, 6.45) is 12.6. The van der Waals surface area contributed by atoms with Crippen molar-refractivity contribution < 1.29 is 9.47 Å². The zero-order chi connectivity index (χ0) is 19.2. The number of unbranched alkanes of at least 4 members (excludes halogenated alkanes) is 8. The Hall–Kier alpha value is -1.22. The molecule has 0 aliphatic carbocycles. The number of benzene rings is 2. The third-order valence-corrected chi connectivity index (χ3v) is 5.41. The van der Waals surface area contributed by atoms with E-state index in [4.69, 9.17) is 9.47 Å². The van der Waals surface area contributed by atoms with Crippen LogP contribution in [0.3, 0.4) is 0 Å². The summed E-state index contributed by atoms with van der Waals surface area (Å²) in [6.45, 7) is 3.85. The van der Waals surface area contributed by atoms with E-state index in [0.29, 0.717) is 0 Å². The van der Waals surface area contributed by atoms with Crippen LogP contribution in [-0.2, 0) is 0 Å². The van der Waals surface area contributed by atoms with Gasteiger partial charge in [0.25, 0.3) is 0 Å². The molecule has 0 aromatic heterocycles. The van der Waals surface area contributed by atoms with Crippen molar-refractivity contribution in [3.63, 3.8) is 0 Å². The first-order chi connectivity index (χ1) is 13.3. The summed E-state index contributed by atoms with van der Waals surface area (Å²) in [6, 6.07) is 12.7. The number of hydrogen-bond donors (Lipinski definition) is 0. The average molecular weight is 435 g/mol. The number of fused-ring (bicyclic) bond motifs is 1. The van der Waals surface area contributed by atoms with Gasteiger partial charge in [0.2, 0.25) is 0 Å². The molecule has 2 aromatic carbocycles. The molecule has 0 aliphatic heterocycles. The van der Waals surface area contributed by atoms with Gasteiger partial charge < -0.3 is 9.47 Å². The Bertz CT molecular complexity index is 641. The number of halogens is 1. The molecule has 150 valence electrons. The summed E-state index contributed by atoms with van der Waals surface area (Å²) in [5.74, 6) is 1.93. The van der Waals surface area contributed by atoms with Gasteiger partial charge in [-0.25, -0.2) is 0 Å². The largest absolute Gasteiger partial charge is 0.494 e. The summed E-state index contributed by atoms with van der Waals surface area (Å²) in [4.78, 5) is 0. The number of rotatable bonds is 15. The monoisotopic (exact) mass is 434 g/mol. The third-order valence-electron chi connectivity index (χ3n) is 4.85. The molecule has 3 heteroatoms. The molecule has 0 saturated carbocycles. The summed E-state index contributed by atoms with van der Waals surface area (Å²) in [5, 5.41) is 3.55. The first-order valence-corrected chi connectivity index (χ1v) is 11.8. The lowest BCUT2D eigenvalue weighted by atomic mass is 10.1. The Morgan fingerprint density at radius 2 is 1.11 bits per heavy atom. The Morgan fingerprint density at radius 3 is 1.63 bits per heavy atom. The van der Waals surface area contributed by atoms with E-state index in [-0.39, 0.29) is 0 Å². The topological polar surface area (TPSA) is 18.5 Å². The van der Waals surface area contributed by atoms with Crippen LogP contribution in [0.4, 0.5) is 0 Å². The normalized spacial score (nSPS) is 11.0.